The maximum absolute atomic E-state index is 12.2. The third-order valence-electron chi connectivity index (χ3n) is 4.66. The summed E-state index contributed by atoms with van der Waals surface area (Å²) in [6.45, 7) is 6.39. The number of hydrogen-bond acceptors (Lipinski definition) is 3. The molecular formula is C17H25NO3. The van der Waals surface area contributed by atoms with Gasteiger partial charge in [0.2, 0.25) is 0 Å². The van der Waals surface area contributed by atoms with Crippen LogP contribution in [-0.4, -0.2) is 28.3 Å². The molecule has 1 fully saturated rings. The number of phenols is 1. The van der Waals surface area contributed by atoms with Crippen molar-refractivity contribution in [3.8, 4) is 5.75 Å². The molecule has 0 radical (unpaired) electrons. The third kappa shape index (κ3) is 3.76. The van der Waals surface area contributed by atoms with Gasteiger partial charge in [-0.1, -0.05) is 19.9 Å². The lowest BCUT2D eigenvalue weighted by Gasteiger charge is -2.40. The minimum Gasteiger partial charge on any atom is -0.508 e. The molecule has 4 heteroatoms. The standard InChI is InChI=1S/C17H25NO3/c1-12-13(5-4-6-14(12)19)15(20)18-11-17(21)9-7-16(2,3)8-10-17/h4-6,19,21H,7-11H2,1-3H3,(H,18,20). The van der Waals surface area contributed by atoms with Gasteiger partial charge in [-0.15, -0.1) is 0 Å². The predicted molar refractivity (Wildman–Crippen MR) is 82.4 cm³/mol. The molecule has 1 amide bonds. The van der Waals surface area contributed by atoms with Gasteiger partial charge in [-0.3, -0.25) is 4.79 Å². The van der Waals surface area contributed by atoms with E-state index in [1.54, 1.807) is 25.1 Å². The number of phenolic OH excluding ortho intramolecular Hbond substituents is 1. The highest BCUT2D eigenvalue weighted by Crippen LogP contribution is 2.39. The van der Waals surface area contributed by atoms with E-state index in [1.807, 2.05) is 0 Å². The molecule has 0 saturated heterocycles. The molecule has 4 nitrogen and oxygen atoms in total. The largest absolute Gasteiger partial charge is 0.508 e. The van der Waals surface area contributed by atoms with Crippen LogP contribution in [-0.2, 0) is 0 Å². The van der Waals surface area contributed by atoms with E-state index < -0.39 is 5.60 Å². The fourth-order valence-corrected chi connectivity index (χ4v) is 2.78. The lowest BCUT2D eigenvalue weighted by atomic mass is 9.71. The number of amides is 1. The number of aliphatic hydroxyl groups is 1. The number of benzene rings is 1. The second-order valence-corrected chi connectivity index (χ2v) is 7.02. The predicted octanol–water partition coefficient (Wildman–Crippen LogP) is 2.76. The molecule has 116 valence electrons. The molecule has 0 unspecified atom stereocenters. The molecule has 0 heterocycles. The van der Waals surface area contributed by atoms with E-state index >= 15 is 0 Å². The Kier molecular flexibility index (Phi) is 4.28. The van der Waals surface area contributed by atoms with Gasteiger partial charge in [0.25, 0.3) is 5.91 Å². The molecule has 0 aromatic heterocycles. The Labute approximate surface area is 126 Å². The zero-order chi connectivity index (χ0) is 15.7. The molecule has 0 bridgehead atoms. The quantitative estimate of drug-likeness (QED) is 0.802. The Bertz CT molecular complexity index is 527. The minimum absolute atomic E-state index is 0.112. The average Bonchev–Trinajstić information content (AvgIpc) is 2.43. The van der Waals surface area contributed by atoms with Crippen LogP contribution in [0.5, 0.6) is 5.75 Å². The summed E-state index contributed by atoms with van der Waals surface area (Å²) < 4.78 is 0. The van der Waals surface area contributed by atoms with E-state index in [2.05, 4.69) is 19.2 Å². The van der Waals surface area contributed by atoms with Crippen molar-refractivity contribution in [3.05, 3.63) is 29.3 Å². The van der Waals surface area contributed by atoms with Gasteiger partial charge in [0.1, 0.15) is 5.75 Å². The molecule has 0 aliphatic heterocycles. The van der Waals surface area contributed by atoms with E-state index in [9.17, 15) is 15.0 Å². The van der Waals surface area contributed by atoms with E-state index in [0.29, 0.717) is 24.0 Å². The summed E-state index contributed by atoms with van der Waals surface area (Å²) in [5.41, 5.74) is 0.482. The Morgan fingerprint density at radius 2 is 1.86 bits per heavy atom. The highest BCUT2D eigenvalue weighted by atomic mass is 16.3. The van der Waals surface area contributed by atoms with Crippen molar-refractivity contribution in [2.45, 2.75) is 52.1 Å². The van der Waals surface area contributed by atoms with E-state index in [0.717, 1.165) is 12.8 Å². The fraction of sp³-hybridized carbons (Fsp3) is 0.588. The molecule has 0 spiro atoms. The molecule has 1 aliphatic rings. The lowest BCUT2D eigenvalue weighted by molar-refractivity contribution is -0.0233. The second-order valence-electron chi connectivity index (χ2n) is 7.02. The summed E-state index contributed by atoms with van der Waals surface area (Å²) in [6.07, 6.45) is 3.34. The molecular weight excluding hydrogens is 266 g/mol. The molecule has 1 aromatic carbocycles. The SMILES string of the molecule is Cc1c(O)cccc1C(=O)NCC1(O)CCC(C)(C)CC1. The van der Waals surface area contributed by atoms with E-state index in [1.165, 1.54) is 0 Å². The number of carbonyl (C=O) groups excluding carboxylic acids is 1. The van der Waals surface area contributed by atoms with Gasteiger partial charge >= 0.3 is 0 Å². The summed E-state index contributed by atoms with van der Waals surface area (Å²) in [7, 11) is 0. The van der Waals surface area contributed by atoms with Crippen LogP contribution in [0.25, 0.3) is 0 Å². The van der Waals surface area contributed by atoms with Crippen LogP contribution in [0.3, 0.4) is 0 Å². The van der Waals surface area contributed by atoms with E-state index in [-0.39, 0.29) is 23.6 Å². The topological polar surface area (TPSA) is 69.6 Å². The monoisotopic (exact) mass is 291 g/mol. The average molecular weight is 291 g/mol. The zero-order valence-corrected chi connectivity index (χ0v) is 13.1. The Hall–Kier alpha value is -1.55. The summed E-state index contributed by atoms with van der Waals surface area (Å²) in [4.78, 5) is 12.2. The third-order valence-corrected chi connectivity index (χ3v) is 4.66. The number of hydrogen-bond donors (Lipinski definition) is 3. The van der Waals surface area contributed by atoms with Crippen LogP contribution in [0, 0.1) is 12.3 Å². The normalized spacial score (nSPS) is 20.0. The molecule has 1 saturated carbocycles. The summed E-state index contributed by atoms with van der Waals surface area (Å²) in [5.74, 6) is -0.137. The molecule has 21 heavy (non-hydrogen) atoms. The first-order chi connectivity index (χ1) is 9.72. The number of rotatable bonds is 3. The van der Waals surface area contributed by atoms with Gasteiger partial charge in [0.05, 0.1) is 5.60 Å². The van der Waals surface area contributed by atoms with Gasteiger partial charge < -0.3 is 15.5 Å². The first-order valence-corrected chi connectivity index (χ1v) is 7.52. The maximum atomic E-state index is 12.2. The molecule has 1 aromatic rings. The van der Waals surface area contributed by atoms with Gasteiger partial charge in [-0.2, -0.15) is 0 Å². The summed E-state index contributed by atoms with van der Waals surface area (Å²) in [5, 5.41) is 23.0. The van der Waals surface area contributed by atoms with Crippen molar-refractivity contribution in [1.29, 1.82) is 0 Å². The minimum atomic E-state index is -0.810. The molecule has 1 aliphatic carbocycles. The Balaban J connectivity index is 1.97. The van der Waals surface area contributed by atoms with Crippen LogP contribution < -0.4 is 5.32 Å². The number of aromatic hydroxyl groups is 1. The maximum Gasteiger partial charge on any atom is 0.251 e. The summed E-state index contributed by atoms with van der Waals surface area (Å²) >= 11 is 0. The number of carbonyl (C=O) groups is 1. The van der Waals surface area contributed by atoms with Crippen molar-refractivity contribution in [1.82, 2.24) is 5.32 Å². The highest BCUT2D eigenvalue weighted by Gasteiger charge is 2.36. The second kappa shape index (κ2) is 5.68. The zero-order valence-electron chi connectivity index (χ0n) is 13.1. The Morgan fingerprint density at radius 3 is 2.48 bits per heavy atom. The summed E-state index contributed by atoms with van der Waals surface area (Å²) in [6, 6.07) is 4.89. The van der Waals surface area contributed by atoms with Crippen molar-refractivity contribution in [2.24, 2.45) is 5.41 Å². The van der Waals surface area contributed by atoms with E-state index in [4.69, 9.17) is 0 Å². The van der Waals surface area contributed by atoms with Gasteiger partial charge in [0, 0.05) is 17.7 Å². The first kappa shape index (κ1) is 15.8. The van der Waals surface area contributed by atoms with Crippen LogP contribution in [0.4, 0.5) is 0 Å². The first-order valence-electron chi connectivity index (χ1n) is 7.52. The van der Waals surface area contributed by atoms with Gasteiger partial charge in [-0.25, -0.2) is 0 Å². The van der Waals surface area contributed by atoms with Crippen LogP contribution in [0.2, 0.25) is 0 Å². The smallest absolute Gasteiger partial charge is 0.251 e. The van der Waals surface area contributed by atoms with Crippen LogP contribution >= 0.6 is 0 Å². The van der Waals surface area contributed by atoms with Gasteiger partial charge in [0.15, 0.2) is 0 Å². The fourth-order valence-electron chi connectivity index (χ4n) is 2.78. The number of nitrogens with one attached hydrogen (secondary N) is 1. The van der Waals surface area contributed by atoms with Crippen LogP contribution in [0.15, 0.2) is 18.2 Å². The Morgan fingerprint density at radius 1 is 1.24 bits per heavy atom. The van der Waals surface area contributed by atoms with Crippen molar-refractivity contribution in [2.75, 3.05) is 6.54 Å². The molecule has 0 atom stereocenters. The lowest BCUT2D eigenvalue weighted by Crippen LogP contribution is -2.46. The van der Waals surface area contributed by atoms with Crippen molar-refractivity contribution < 1.29 is 15.0 Å². The van der Waals surface area contributed by atoms with Crippen molar-refractivity contribution >= 4 is 5.91 Å². The molecule has 2 rings (SSSR count). The van der Waals surface area contributed by atoms with Gasteiger partial charge in [-0.05, 0) is 50.2 Å². The van der Waals surface area contributed by atoms with Crippen molar-refractivity contribution in [3.63, 3.8) is 0 Å². The highest BCUT2D eigenvalue weighted by molar-refractivity contribution is 5.96. The van der Waals surface area contributed by atoms with Crippen LogP contribution in [0.1, 0.15) is 55.5 Å². The molecule has 3 N–H and O–H groups in total.